The molecule has 322 valence electrons. The first-order valence-electron chi connectivity index (χ1n) is 19.7. The fourth-order valence-electron chi connectivity index (χ4n) is 7.29. The van der Waals surface area contributed by atoms with Gasteiger partial charge in [0.05, 0.1) is 28.1 Å². The number of carbonyl (C=O) groups excluding carboxylic acids is 5. The van der Waals surface area contributed by atoms with E-state index in [2.05, 4.69) is 10.3 Å². The van der Waals surface area contributed by atoms with Crippen LogP contribution in [0.2, 0.25) is 0 Å². The highest BCUT2D eigenvalue weighted by molar-refractivity contribution is 7.54. The summed E-state index contributed by atoms with van der Waals surface area (Å²) >= 11 is 1.02. The third-order valence-corrected chi connectivity index (χ3v) is 13.7. The van der Waals surface area contributed by atoms with Crippen molar-refractivity contribution in [1.29, 1.82) is 0 Å². The number of nitrogens with zero attached hydrogens (tertiary/aromatic N) is 4. The number of imidazole rings is 1. The fraction of sp³-hybridized carbons (Fsp3) is 0.600. The molecule has 3 fully saturated rings. The molecular weight excluding hydrogens is 812 g/mol. The van der Waals surface area contributed by atoms with Crippen molar-refractivity contribution in [3.63, 3.8) is 0 Å². The summed E-state index contributed by atoms with van der Waals surface area (Å²) in [4.78, 5) is 74.2. The SMILES string of the molecule is CC(C)(C)C(=O)OCOP(=O)(OCOC(=O)C(C)(C)C)C(F)(F)c1ccc2sc(C(=O)N[C@H]3CCCC[C@H]4CCC[C@@H](C(=O)N5CC(n6ccnc6)C5)N4C3=O)cc2c1. The molecular formula is C40H52F2N5O10PS. The van der Waals surface area contributed by atoms with Crippen LogP contribution in [0.25, 0.3) is 10.1 Å². The Morgan fingerprint density at radius 2 is 1.51 bits per heavy atom. The van der Waals surface area contributed by atoms with Crippen molar-refractivity contribution in [2.24, 2.45) is 10.8 Å². The minimum atomic E-state index is -5.57. The van der Waals surface area contributed by atoms with Gasteiger partial charge in [0.15, 0.2) is 0 Å². The van der Waals surface area contributed by atoms with Gasteiger partial charge >= 0.3 is 25.2 Å². The van der Waals surface area contributed by atoms with Gasteiger partial charge in [0.25, 0.3) is 5.91 Å². The van der Waals surface area contributed by atoms with Gasteiger partial charge < -0.3 is 29.2 Å². The number of amides is 3. The molecule has 0 radical (unpaired) electrons. The van der Waals surface area contributed by atoms with E-state index in [1.54, 1.807) is 22.3 Å². The van der Waals surface area contributed by atoms with Crippen molar-refractivity contribution >= 4 is 58.7 Å². The molecule has 3 amide bonds. The Kier molecular flexibility index (Phi) is 13.1. The smallest absolute Gasteiger partial charge is 0.410 e. The molecule has 19 heteroatoms. The lowest BCUT2D eigenvalue weighted by Crippen LogP contribution is -2.64. The molecule has 59 heavy (non-hydrogen) atoms. The molecule has 0 saturated carbocycles. The van der Waals surface area contributed by atoms with Gasteiger partial charge in [-0.05, 0) is 97.2 Å². The molecule has 3 atom stereocenters. The van der Waals surface area contributed by atoms with Crippen LogP contribution in [-0.2, 0) is 47.9 Å². The van der Waals surface area contributed by atoms with Gasteiger partial charge in [0, 0.05) is 41.8 Å². The average Bonchev–Trinajstić information content (AvgIpc) is 3.84. The van der Waals surface area contributed by atoms with Gasteiger partial charge in [0.1, 0.15) is 12.1 Å². The highest BCUT2D eigenvalue weighted by Crippen LogP contribution is 2.67. The zero-order valence-corrected chi connectivity index (χ0v) is 35.8. The summed E-state index contributed by atoms with van der Waals surface area (Å²) in [5.41, 5.74) is -7.20. The summed E-state index contributed by atoms with van der Waals surface area (Å²) in [6.07, 6.45) is 10.0. The Labute approximate surface area is 345 Å². The largest absolute Gasteiger partial charge is 0.438 e. The van der Waals surface area contributed by atoms with Gasteiger partial charge in [-0.2, -0.15) is 8.78 Å². The van der Waals surface area contributed by atoms with Crippen LogP contribution in [0.3, 0.4) is 0 Å². The van der Waals surface area contributed by atoms with Crippen LogP contribution in [0.4, 0.5) is 8.78 Å². The number of benzene rings is 1. The van der Waals surface area contributed by atoms with E-state index in [-0.39, 0.29) is 34.2 Å². The number of thiophene rings is 1. The molecule has 0 spiro atoms. The minimum Gasteiger partial charge on any atom is -0.438 e. The molecule has 1 aromatic carbocycles. The number of nitrogens with one attached hydrogen (secondary N) is 1. The maximum absolute atomic E-state index is 16.3. The van der Waals surface area contributed by atoms with Crippen LogP contribution < -0.4 is 5.32 Å². The summed E-state index contributed by atoms with van der Waals surface area (Å²) in [7, 11) is -5.57. The molecule has 1 N–H and O–H groups in total. The Morgan fingerprint density at radius 1 is 0.881 bits per heavy atom. The quantitative estimate of drug-likeness (QED) is 0.113. The Hall–Kier alpha value is -4.25. The van der Waals surface area contributed by atoms with Gasteiger partial charge in [-0.25, -0.2) is 4.98 Å². The van der Waals surface area contributed by atoms with Gasteiger partial charge in [-0.3, -0.25) is 37.6 Å². The van der Waals surface area contributed by atoms with Crippen molar-refractivity contribution in [3.8, 4) is 0 Å². The molecule has 0 aliphatic carbocycles. The second-order valence-electron chi connectivity index (χ2n) is 17.3. The standard InChI is InChI=1S/C40H52F2N5O10PS/c1-38(2,3)36(51)54-23-56-58(53,57-24-55-37(52)39(4,5)6)40(41,42)26-14-15-31-25(18-26)19-32(59-31)33(48)44-29-12-8-7-10-27-11-9-13-30(47(27)34(29)49)35(50)46-20-28(21-46)45-17-16-43-22-45/h14-19,22,27-30H,7-13,20-21,23-24H2,1-6H3,(H,44,48)/t27-,29-,30-/m0/s1. The number of ether oxygens (including phenoxy) is 2. The third kappa shape index (κ3) is 9.71. The van der Waals surface area contributed by atoms with Crippen molar-refractivity contribution in [3.05, 3.63) is 53.4 Å². The van der Waals surface area contributed by atoms with Crippen LogP contribution in [0.1, 0.15) is 108 Å². The average molecular weight is 864 g/mol. The highest BCUT2D eigenvalue weighted by Gasteiger charge is 2.56. The first kappa shape index (κ1) is 44.3. The number of carbonyl (C=O) groups is 5. The van der Waals surface area contributed by atoms with E-state index in [4.69, 9.17) is 18.5 Å². The molecule has 2 aromatic heterocycles. The van der Waals surface area contributed by atoms with Gasteiger partial charge in [0.2, 0.25) is 25.4 Å². The summed E-state index contributed by atoms with van der Waals surface area (Å²) in [6.45, 7) is 7.95. The van der Waals surface area contributed by atoms with E-state index >= 15 is 8.78 Å². The topological polar surface area (TPSA) is 176 Å². The van der Waals surface area contributed by atoms with Gasteiger partial charge in [-0.1, -0.05) is 18.9 Å². The molecule has 6 rings (SSSR count). The molecule has 5 heterocycles. The van der Waals surface area contributed by atoms with E-state index in [0.717, 1.165) is 49.2 Å². The predicted molar refractivity (Wildman–Crippen MR) is 212 cm³/mol. The van der Waals surface area contributed by atoms with E-state index < -0.39 is 73.2 Å². The molecule has 15 nitrogen and oxygen atoms in total. The Bertz CT molecular complexity index is 2060. The summed E-state index contributed by atoms with van der Waals surface area (Å²) in [5, 5.41) is 3.08. The summed E-state index contributed by atoms with van der Waals surface area (Å²) in [5.74, 6) is -2.62. The number of likely N-dealkylation sites (tertiary alicyclic amines) is 1. The van der Waals surface area contributed by atoms with Crippen LogP contribution in [0, 0.1) is 10.8 Å². The van der Waals surface area contributed by atoms with Crippen LogP contribution in [0.5, 0.6) is 0 Å². The number of aromatic nitrogens is 2. The summed E-state index contributed by atoms with van der Waals surface area (Å²) in [6, 6.07) is 3.22. The monoisotopic (exact) mass is 863 g/mol. The van der Waals surface area contributed by atoms with E-state index in [9.17, 15) is 28.5 Å². The van der Waals surface area contributed by atoms with Crippen molar-refractivity contribution in [2.75, 3.05) is 26.7 Å². The predicted octanol–water partition coefficient (Wildman–Crippen LogP) is 6.97. The van der Waals surface area contributed by atoms with Crippen LogP contribution in [-0.4, -0.2) is 93.8 Å². The first-order valence-corrected chi connectivity index (χ1v) is 22.1. The number of hydrogen-bond donors (Lipinski definition) is 1. The lowest BCUT2D eigenvalue weighted by molar-refractivity contribution is -0.163. The zero-order chi connectivity index (χ0) is 42.9. The number of esters is 2. The number of halogens is 2. The second-order valence-corrected chi connectivity index (χ2v) is 20.5. The zero-order valence-electron chi connectivity index (χ0n) is 34.1. The van der Waals surface area contributed by atoms with Crippen LogP contribution in [0.15, 0.2) is 43.0 Å². The Balaban J connectivity index is 1.17. The van der Waals surface area contributed by atoms with Crippen molar-refractivity contribution < 1.29 is 55.8 Å². The van der Waals surface area contributed by atoms with Gasteiger partial charge in [-0.15, -0.1) is 11.3 Å². The number of hydrogen-bond acceptors (Lipinski definition) is 12. The second kappa shape index (κ2) is 17.4. The third-order valence-electron chi connectivity index (χ3n) is 10.8. The van der Waals surface area contributed by atoms with Crippen molar-refractivity contribution in [1.82, 2.24) is 24.7 Å². The van der Waals surface area contributed by atoms with Crippen molar-refractivity contribution in [2.45, 2.75) is 116 Å². The van der Waals surface area contributed by atoms with E-state index in [1.807, 2.05) is 10.8 Å². The number of piperidine rings is 1. The maximum Gasteiger partial charge on any atom is 0.410 e. The first-order chi connectivity index (χ1) is 27.7. The molecule has 3 aromatic rings. The van der Waals surface area contributed by atoms with Crippen LogP contribution >= 0.6 is 18.9 Å². The molecule has 3 aliphatic heterocycles. The molecule has 3 saturated heterocycles. The number of alkyl halides is 2. The normalized spacial score (nSPS) is 20.9. The molecule has 0 unspecified atom stereocenters. The minimum absolute atomic E-state index is 0.0978. The fourth-order valence-corrected chi connectivity index (χ4v) is 9.47. The lowest BCUT2D eigenvalue weighted by Gasteiger charge is -2.48. The molecule has 0 bridgehead atoms. The number of rotatable bonds is 12. The highest BCUT2D eigenvalue weighted by atomic mass is 32.1. The van der Waals surface area contributed by atoms with E-state index in [1.165, 1.54) is 53.7 Å². The molecule has 3 aliphatic rings. The Morgan fingerprint density at radius 3 is 2.12 bits per heavy atom. The van der Waals surface area contributed by atoms with E-state index in [0.29, 0.717) is 37.1 Å². The number of fused-ring (bicyclic) bond motifs is 2. The summed E-state index contributed by atoms with van der Waals surface area (Å²) < 4.78 is 68.6. The lowest BCUT2D eigenvalue weighted by atomic mass is 9.87. The maximum atomic E-state index is 16.3.